The fraction of sp³-hybridized carbons (Fsp3) is 0.261. The molecule has 1 heterocycles. The van der Waals surface area contributed by atoms with Crippen LogP contribution in [0.15, 0.2) is 54.6 Å². The number of anilines is 1. The average molecular weight is 422 g/mol. The Morgan fingerprint density at radius 3 is 2.52 bits per heavy atom. The summed E-state index contributed by atoms with van der Waals surface area (Å²) in [6.07, 6.45) is 0. The molecule has 8 nitrogen and oxygen atoms in total. The Bertz CT molecular complexity index is 1100. The predicted octanol–water partition coefficient (Wildman–Crippen LogP) is 3.98. The zero-order valence-corrected chi connectivity index (χ0v) is 18.0. The number of hydrogen-bond donors (Lipinski definition) is 3. The smallest absolute Gasteiger partial charge is 0.337 e. The molecule has 3 aromatic rings. The van der Waals surface area contributed by atoms with Gasteiger partial charge in [0, 0.05) is 23.6 Å². The molecular formula is C23H26N4O4. The quantitative estimate of drug-likeness (QED) is 0.539. The van der Waals surface area contributed by atoms with Gasteiger partial charge in [0.05, 0.1) is 24.1 Å². The number of phenols is 1. The van der Waals surface area contributed by atoms with Crippen molar-refractivity contribution in [2.75, 3.05) is 12.4 Å². The number of benzene rings is 2. The molecule has 2 aromatic carbocycles. The highest BCUT2D eigenvalue weighted by Gasteiger charge is 2.22. The van der Waals surface area contributed by atoms with Crippen LogP contribution in [0.25, 0.3) is 5.69 Å². The van der Waals surface area contributed by atoms with E-state index in [1.807, 2.05) is 20.8 Å². The molecule has 0 fully saturated rings. The fourth-order valence-electron chi connectivity index (χ4n) is 2.91. The van der Waals surface area contributed by atoms with Crippen molar-refractivity contribution in [3.8, 4) is 11.4 Å². The van der Waals surface area contributed by atoms with Gasteiger partial charge in [0.15, 0.2) is 0 Å². The molecule has 0 aliphatic carbocycles. The summed E-state index contributed by atoms with van der Waals surface area (Å²) in [6, 6.07) is 15.0. The largest absolute Gasteiger partial charge is 0.508 e. The van der Waals surface area contributed by atoms with Gasteiger partial charge >= 0.3 is 12.0 Å². The minimum atomic E-state index is -0.458. The molecule has 0 aliphatic heterocycles. The van der Waals surface area contributed by atoms with E-state index in [0.29, 0.717) is 22.6 Å². The number of aromatic hydroxyl groups is 1. The van der Waals surface area contributed by atoms with E-state index < -0.39 is 12.0 Å². The van der Waals surface area contributed by atoms with Gasteiger partial charge in [-0.1, -0.05) is 45.0 Å². The van der Waals surface area contributed by atoms with Crippen LogP contribution in [-0.4, -0.2) is 34.0 Å². The van der Waals surface area contributed by atoms with Crippen LogP contribution in [0.3, 0.4) is 0 Å². The van der Waals surface area contributed by atoms with E-state index in [9.17, 15) is 14.7 Å². The Morgan fingerprint density at radius 2 is 1.84 bits per heavy atom. The third-order valence-electron chi connectivity index (χ3n) is 4.66. The van der Waals surface area contributed by atoms with Crippen molar-refractivity contribution in [3.63, 3.8) is 0 Å². The lowest BCUT2D eigenvalue weighted by Crippen LogP contribution is -2.29. The van der Waals surface area contributed by atoms with Crippen molar-refractivity contribution in [2.45, 2.75) is 32.7 Å². The number of nitrogens with zero attached hydrogens (tertiary/aromatic N) is 2. The van der Waals surface area contributed by atoms with E-state index in [1.54, 1.807) is 59.3 Å². The zero-order valence-electron chi connectivity index (χ0n) is 18.0. The molecule has 0 atom stereocenters. The van der Waals surface area contributed by atoms with Crippen molar-refractivity contribution < 1.29 is 19.4 Å². The normalized spacial score (nSPS) is 11.1. The van der Waals surface area contributed by atoms with Gasteiger partial charge in [-0.2, -0.15) is 5.10 Å². The van der Waals surface area contributed by atoms with E-state index in [-0.39, 0.29) is 17.7 Å². The van der Waals surface area contributed by atoms with Crippen LogP contribution in [-0.2, 0) is 16.7 Å². The van der Waals surface area contributed by atoms with Gasteiger partial charge in [-0.05, 0) is 24.3 Å². The number of rotatable bonds is 5. The van der Waals surface area contributed by atoms with Crippen molar-refractivity contribution >= 4 is 17.8 Å². The Hall–Kier alpha value is -3.81. The Labute approximate surface area is 180 Å². The maximum Gasteiger partial charge on any atom is 0.337 e. The fourth-order valence-corrected chi connectivity index (χ4v) is 2.91. The molecule has 31 heavy (non-hydrogen) atoms. The molecule has 0 unspecified atom stereocenters. The van der Waals surface area contributed by atoms with Gasteiger partial charge in [-0.25, -0.2) is 14.3 Å². The topological polar surface area (TPSA) is 105 Å². The number of carbonyl (C=O) groups is 2. The Kier molecular flexibility index (Phi) is 6.29. The van der Waals surface area contributed by atoms with Crippen LogP contribution in [0.4, 0.5) is 10.6 Å². The second-order valence-corrected chi connectivity index (χ2v) is 8.05. The maximum atomic E-state index is 12.5. The van der Waals surface area contributed by atoms with Gasteiger partial charge in [0.25, 0.3) is 0 Å². The highest BCUT2D eigenvalue weighted by molar-refractivity contribution is 5.90. The second-order valence-electron chi connectivity index (χ2n) is 8.05. The molecule has 0 saturated heterocycles. The van der Waals surface area contributed by atoms with Crippen molar-refractivity contribution in [3.05, 3.63) is 71.4 Å². The number of urea groups is 1. The number of hydrogen-bond acceptors (Lipinski definition) is 5. The lowest BCUT2D eigenvalue weighted by atomic mass is 9.92. The molecule has 3 N–H and O–H groups in total. The number of phenolic OH excluding ortho intramolecular Hbond substituents is 1. The van der Waals surface area contributed by atoms with Gasteiger partial charge in [-0.15, -0.1) is 0 Å². The van der Waals surface area contributed by atoms with Gasteiger partial charge < -0.3 is 15.2 Å². The first-order valence-electron chi connectivity index (χ1n) is 9.80. The van der Waals surface area contributed by atoms with Gasteiger partial charge in [0.1, 0.15) is 11.6 Å². The average Bonchev–Trinajstić information content (AvgIpc) is 3.17. The summed E-state index contributed by atoms with van der Waals surface area (Å²) in [6.45, 7) is 6.22. The first kappa shape index (κ1) is 21.9. The van der Waals surface area contributed by atoms with Crippen LogP contribution in [0.2, 0.25) is 0 Å². The summed E-state index contributed by atoms with van der Waals surface area (Å²) in [5.74, 6) is 0.101. The summed E-state index contributed by atoms with van der Waals surface area (Å²) >= 11 is 0. The number of para-hydroxylation sites is 1. The molecule has 162 valence electrons. The predicted molar refractivity (Wildman–Crippen MR) is 118 cm³/mol. The van der Waals surface area contributed by atoms with Crippen LogP contribution < -0.4 is 10.6 Å². The third-order valence-corrected chi connectivity index (χ3v) is 4.66. The Balaban J connectivity index is 1.87. The van der Waals surface area contributed by atoms with Crippen LogP contribution in [0.1, 0.15) is 42.4 Å². The molecular weight excluding hydrogens is 396 g/mol. The van der Waals surface area contributed by atoms with Crippen LogP contribution in [0, 0.1) is 0 Å². The number of methoxy groups -OCH3 is 1. The number of carbonyl (C=O) groups excluding carboxylic acids is 2. The van der Waals surface area contributed by atoms with Gasteiger partial charge in [0.2, 0.25) is 0 Å². The molecule has 0 aliphatic rings. The summed E-state index contributed by atoms with van der Waals surface area (Å²) in [4.78, 5) is 24.5. The first-order chi connectivity index (χ1) is 14.7. The van der Waals surface area contributed by atoms with E-state index >= 15 is 0 Å². The number of aromatic nitrogens is 2. The summed E-state index contributed by atoms with van der Waals surface area (Å²) in [7, 11) is 1.32. The van der Waals surface area contributed by atoms with E-state index in [0.717, 1.165) is 5.69 Å². The van der Waals surface area contributed by atoms with Crippen molar-refractivity contribution in [1.82, 2.24) is 15.1 Å². The maximum absolute atomic E-state index is 12.5. The summed E-state index contributed by atoms with van der Waals surface area (Å²) < 4.78 is 6.37. The summed E-state index contributed by atoms with van der Waals surface area (Å²) in [5.41, 5.74) is 2.10. The summed E-state index contributed by atoms with van der Waals surface area (Å²) in [5, 5.41) is 20.0. The highest BCUT2D eigenvalue weighted by Crippen LogP contribution is 2.27. The van der Waals surface area contributed by atoms with E-state index in [4.69, 9.17) is 4.74 Å². The molecule has 2 amide bonds. The second kappa shape index (κ2) is 8.91. The lowest BCUT2D eigenvalue weighted by molar-refractivity contribution is 0.0600. The van der Waals surface area contributed by atoms with Crippen LogP contribution >= 0.6 is 0 Å². The molecule has 0 bridgehead atoms. The monoisotopic (exact) mass is 422 g/mol. The molecule has 0 radical (unpaired) electrons. The van der Waals surface area contributed by atoms with Crippen molar-refractivity contribution in [2.24, 2.45) is 0 Å². The van der Waals surface area contributed by atoms with Crippen LogP contribution in [0.5, 0.6) is 5.75 Å². The standard InChI is InChI=1S/C23H26N4O4/c1-23(2,3)19-13-20(25-22(30)24-14-16-8-5-6-11-18(16)28)27(26-19)17-10-7-9-15(12-17)21(29)31-4/h5-13,28H,14H2,1-4H3,(H2,24,25,30). The molecule has 0 spiro atoms. The number of ether oxygens (including phenoxy) is 1. The molecule has 1 aromatic heterocycles. The van der Waals surface area contributed by atoms with Gasteiger partial charge in [-0.3, -0.25) is 5.32 Å². The SMILES string of the molecule is COC(=O)c1cccc(-n2nc(C(C)(C)C)cc2NC(=O)NCc2ccccc2O)c1. The number of amides is 2. The van der Waals surface area contributed by atoms with E-state index in [2.05, 4.69) is 15.7 Å². The minimum absolute atomic E-state index is 0.113. The molecule has 3 rings (SSSR count). The lowest BCUT2D eigenvalue weighted by Gasteiger charge is -2.14. The number of nitrogens with one attached hydrogen (secondary N) is 2. The first-order valence-corrected chi connectivity index (χ1v) is 9.80. The molecule has 0 saturated carbocycles. The van der Waals surface area contributed by atoms with Crippen molar-refractivity contribution in [1.29, 1.82) is 0 Å². The number of esters is 1. The zero-order chi connectivity index (χ0) is 22.6. The van der Waals surface area contributed by atoms with E-state index in [1.165, 1.54) is 7.11 Å². The highest BCUT2D eigenvalue weighted by atomic mass is 16.5. The Morgan fingerprint density at radius 1 is 1.10 bits per heavy atom. The molecule has 8 heteroatoms. The minimum Gasteiger partial charge on any atom is -0.508 e. The third kappa shape index (κ3) is 5.22.